The molecule has 0 aliphatic rings. The van der Waals surface area contributed by atoms with E-state index in [2.05, 4.69) is 5.32 Å². The van der Waals surface area contributed by atoms with Gasteiger partial charge in [-0.25, -0.2) is 4.79 Å². The summed E-state index contributed by atoms with van der Waals surface area (Å²) in [6.45, 7) is 3.24. The highest BCUT2D eigenvalue weighted by Crippen LogP contribution is 2.34. The van der Waals surface area contributed by atoms with Crippen molar-refractivity contribution < 1.29 is 33.4 Å². The lowest BCUT2D eigenvalue weighted by molar-refractivity contribution is -0.147. The van der Waals surface area contributed by atoms with Crippen LogP contribution in [0.15, 0.2) is 30.3 Å². The van der Waals surface area contributed by atoms with Crippen molar-refractivity contribution in [3.05, 3.63) is 46.3 Å². The van der Waals surface area contributed by atoms with Gasteiger partial charge in [0.2, 0.25) is 0 Å². The Bertz CT molecular complexity index is 986. The average Bonchev–Trinajstić information content (AvgIpc) is 3.11. The first-order valence-electron chi connectivity index (χ1n) is 10.4. The smallest absolute Gasteiger partial charge is 0.341 e. The van der Waals surface area contributed by atoms with Crippen molar-refractivity contribution in [2.45, 2.75) is 26.7 Å². The number of rotatable bonds is 11. The molecule has 0 aliphatic carbocycles. The van der Waals surface area contributed by atoms with Crippen molar-refractivity contribution in [3.8, 4) is 5.75 Å². The predicted octanol–water partition coefficient (Wildman–Crippen LogP) is 3.28. The van der Waals surface area contributed by atoms with Crippen LogP contribution in [-0.4, -0.2) is 62.6 Å². The maximum Gasteiger partial charge on any atom is 0.341 e. The number of hydrogen-bond acceptors (Lipinski definition) is 8. The van der Waals surface area contributed by atoms with Gasteiger partial charge in [0, 0.05) is 20.5 Å². The highest BCUT2D eigenvalue weighted by molar-refractivity contribution is 7.18. The molecule has 0 spiro atoms. The Balaban J connectivity index is 1.91. The van der Waals surface area contributed by atoms with Gasteiger partial charge in [-0.3, -0.25) is 14.4 Å². The molecule has 0 aliphatic heterocycles. The molecule has 2 amide bonds. The number of anilines is 1. The first-order chi connectivity index (χ1) is 15.7. The first-order valence-corrected chi connectivity index (χ1v) is 11.2. The SMILES string of the molecule is CCOC(=O)c1c(NC(=O)COC(=O)CCCOc2ccccc2)sc(C(=O)N(C)C)c1C. The van der Waals surface area contributed by atoms with Gasteiger partial charge in [0.15, 0.2) is 6.61 Å². The van der Waals surface area contributed by atoms with Crippen molar-refractivity contribution in [2.75, 3.05) is 39.2 Å². The van der Waals surface area contributed by atoms with Crippen LogP contribution < -0.4 is 10.1 Å². The Hall–Kier alpha value is -3.40. The van der Waals surface area contributed by atoms with Gasteiger partial charge in [-0.2, -0.15) is 0 Å². The summed E-state index contributed by atoms with van der Waals surface area (Å²) in [6.07, 6.45) is 0.524. The Morgan fingerprint density at radius 3 is 2.39 bits per heavy atom. The number of nitrogens with one attached hydrogen (secondary N) is 1. The van der Waals surface area contributed by atoms with E-state index in [0.29, 0.717) is 29.2 Å². The largest absolute Gasteiger partial charge is 0.494 e. The molecular weight excluding hydrogens is 448 g/mol. The fourth-order valence-electron chi connectivity index (χ4n) is 2.76. The van der Waals surface area contributed by atoms with Crippen LogP contribution in [0.2, 0.25) is 0 Å². The molecule has 1 aromatic heterocycles. The van der Waals surface area contributed by atoms with Crippen LogP contribution in [0.4, 0.5) is 5.00 Å². The zero-order chi connectivity index (χ0) is 24.4. The van der Waals surface area contributed by atoms with E-state index < -0.39 is 24.5 Å². The second-order valence-corrected chi connectivity index (χ2v) is 8.17. The Labute approximate surface area is 196 Å². The minimum atomic E-state index is -0.644. The van der Waals surface area contributed by atoms with Gasteiger partial charge in [-0.1, -0.05) is 18.2 Å². The van der Waals surface area contributed by atoms with Gasteiger partial charge in [0.05, 0.1) is 23.7 Å². The summed E-state index contributed by atoms with van der Waals surface area (Å²) in [5, 5.41) is 2.73. The summed E-state index contributed by atoms with van der Waals surface area (Å²) in [6, 6.07) is 9.21. The third kappa shape index (κ3) is 7.60. The molecule has 178 valence electrons. The monoisotopic (exact) mass is 476 g/mol. The van der Waals surface area contributed by atoms with E-state index in [1.165, 1.54) is 4.90 Å². The van der Waals surface area contributed by atoms with Crippen molar-refractivity contribution in [3.63, 3.8) is 0 Å². The van der Waals surface area contributed by atoms with Crippen molar-refractivity contribution in [2.24, 2.45) is 0 Å². The number of benzene rings is 1. The van der Waals surface area contributed by atoms with Crippen LogP contribution in [-0.2, 0) is 19.1 Å². The van der Waals surface area contributed by atoms with Gasteiger partial charge in [-0.15, -0.1) is 11.3 Å². The Morgan fingerprint density at radius 2 is 1.76 bits per heavy atom. The number of esters is 2. The molecule has 0 unspecified atom stereocenters. The molecule has 2 rings (SSSR count). The van der Waals surface area contributed by atoms with Crippen LogP contribution in [0.25, 0.3) is 0 Å². The number of thiophene rings is 1. The summed E-state index contributed by atoms with van der Waals surface area (Å²) < 4.78 is 15.6. The lowest BCUT2D eigenvalue weighted by Gasteiger charge is -2.09. The number of amides is 2. The van der Waals surface area contributed by atoms with Crippen LogP contribution in [0.5, 0.6) is 5.75 Å². The molecule has 33 heavy (non-hydrogen) atoms. The normalized spacial score (nSPS) is 10.3. The minimum absolute atomic E-state index is 0.0911. The molecule has 0 radical (unpaired) electrons. The van der Waals surface area contributed by atoms with Crippen LogP contribution in [0, 0.1) is 6.92 Å². The van der Waals surface area contributed by atoms with Crippen LogP contribution >= 0.6 is 11.3 Å². The molecule has 0 saturated heterocycles. The Morgan fingerprint density at radius 1 is 1.06 bits per heavy atom. The van der Waals surface area contributed by atoms with Gasteiger partial charge in [0.1, 0.15) is 10.8 Å². The molecule has 2 aromatic rings. The van der Waals surface area contributed by atoms with Crippen molar-refractivity contribution in [1.29, 1.82) is 0 Å². The summed E-state index contributed by atoms with van der Waals surface area (Å²) in [4.78, 5) is 50.8. The highest BCUT2D eigenvalue weighted by Gasteiger charge is 2.27. The predicted molar refractivity (Wildman–Crippen MR) is 124 cm³/mol. The van der Waals surface area contributed by atoms with Crippen LogP contribution in [0.1, 0.15) is 45.4 Å². The molecule has 10 heteroatoms. The Kier molecular flexibility index (Phi) is 9.86. The third-order valence-electron chi connectivity index (χ3n) is 4.38. The van der Waals surface area contributed by atoms with E-state index in [-0.39, 0.29) is 29.5 Å². The van der Waals surface area contributed by atoms with Gasteiger partial charge >= 0.3 is 11.9 Å². The molecule has 1 N–H and O–H groups in total. The second kappa shape index (κ2) is 12.6. The topological polar surface area (TPSA) is 111 Å². The summed E-state index contributed by atoms with van der Waals surface area (Å²) >= 11 is 0.973. The van der Waals surface area contributed by atoms with Gasteiger partial charge < -0.3 is 24.4 Å². The number of hydrogen-bond donors (Lipinski definition) is 1. The summed E-state index contributed by atoms with van der Waals surface area (Å²) in [5.74, 6) is -1.40. The average molecular weight is 477 g/mol. The van der Waals surface area contributed by atoms with Crippen molar-refractivity contribution in [1.82, 2.24) is 4.90 Å². The van der Waals surface area contributed by atoms with E-state index >= 15 is 0 Å². The number of ether oxygens (including phenoxy) is 3. The molecule has 0 bridgehead atoms. The lowest BCUT2D eigenvalue weighted by Crippen LogP contribution is -2.22. The standard InChI is InChI=1S/C23H28N2O7S/c1-5-30-23(29)19-15(2)20(22(28)25(3)4)33-21(19)24-17(26)14-32-18(27)12-9-13-31-16-10-7-6-8-11-16/h6-8,10-11H,5,9,12-14H2,1-4H3,(H,24,26). The molecular formula is C23H28N2O7S. The number of carbonyl (C=O) groups is 4. The first kappa shape index (κ1) is 25.9. The molecule has 0 atom stereocenters. The molecule has 9 nitrogen and oxygen atoms in total. The zero-order valence-corrected chi connectivity index (χ0v) is 20.0. The fraction of sp³-hybridized carbons (Fsp3) is 0.391. The lowest BCUT2D eigenvalue weighted by atomic mass is 10.1. The quantitative estimate of drug-likeness (QED) is 0.391. The third-order valence-corrected chi connectivity index (χ3v) is 5.58. The van der Waals surface area contributed by atoms with Crippen LogP contribution in [0.3, 0.4) is 0 Å². The summed E-state index contributed by atoms with van der Waals surface area (Å²) in [5.41, 5.74) is 0.535. The minimum Gasteiger partial charge on any atom is -0.494 e. The van der Waals surface area contributed by atoms with E-state index in [1.54, 1.807) is 27.9 Å². The maximum atomic E-state index is 12.4. The number of nitrogens with zero attached hydrogens (tertiary/aromatic N) is 1. The molecule has 0 saturated carbocycles. The van der Waals surface area contributed by atoms with E-state index in [9.17, 15) is 19.2 Å². The van der Waals surface area contributed by atoms with E-state index in [1.807, 2.05) is 30.3 Å². The van der Waals surface area contributed by atoms with Gasteiger partial charge in [-0.05, 0) is 38.0 Å². The second-order valence-electron chi connectivity index (χ2n) is 7.15. The molecule has 1 heterocycles. The number of carbonyl (C=O) groups excluding carboxylic acids is 4. The van der Waals surface area contributed by atoms with Gasteiger partial charge in [0.25, 0.3) is 11.8 Å². The van der Waals surface area contributed by atoms with E-state index in [4.69, 9.17) is 14.2 Å². The fourth-order valence-corrected chi connectivity index (χ4v) is 3.99. The highest BCUT2D eigenvalue weighted by atomic mass is 32.1. The maximum absolute atomic E-state index is 12.4. The zero-order valence-electron chi connectivity index (χ0n) is 19.1. The van der Waals surface area contributed by atoms with Crippen molar-refractivity contribution >= 4 is 40.1 Å². The number of para-hydroxylation sites is 1. The molecule has 0 fully saturated rings. The summed E-state index contributed by atoms with van der Waals surface area (Å²) in [7, 11) is 3.18. The molecule has 1 aromatic carbocycles. The van der Waals surface area contributed by atoms with E-state index in [0.717, 1.165) is 11.3 Å².